The Morgan fingerprint density at radius 1 is 0.719 bits per heavy atom. The van der Waals surface area contributed by atoms with Crippen LogP contribution in [0, 0.1) is 0 Å². The van der Waals surface area contributed by atoms with Crippen LogP contribution >= 0.6 is 0 Å². The molecule has 32 heavy (non-hydrogen) atoms. The lowest BCUT2D eigenvalue weighted by atomic mass is 10.2. The standard InChI is InChI=1S/C27H31NO4/c1-2-25(30-18-22-12-6-3-7-13-22)26(31-19-23-14-8-4-9-15-23)27(28-21-29)32-20-24-16-10-5-11-17-24/h3-17,25,28-29H,2,18-21H2,1H3/b27-26+. The van der Waals surface area contributed by atoms with E-state index >= 15 is 0 Å². The summed E-state index contributed by atoms with van der Waals surface area (Å²) in [5.41, 5.74) is 3.13. The Kier molecular flexibility index (Phi) is 9.65. The molecule has 0 saturated carbocycles. The van der Waals surface area contributed by atoms with E-state index in [0.717, 1.165) is 16.7 Å². The Morgan fingerprint density at radius 3 is 1.66 bits per heavy atom. The van der Waals surface area contributed by atoms with Gasteiger partial charge in [0, 0.05) is 0 Å². The van der Waals surface area contributed by atoms with Crippen molar-refractivity contribution in [1.29, 1.82) is 0 Å². The second-order valence-electron chi connectivity index (χ2n) is 7.27. The molecule has 0 spiro atoms. The van der Waals surface area contributed by atoms with E-state index in [2.05, 4.69) is 5.32 Å². The van der Waals surface area contributed by atoms with E-state index in [4.69, 9.17) is 14.2 Å². The van der Waals surface area contributed by atoms with Gasteiger partial charge in [0.15, 0.2) is 5.76 Å². The van der Waals surface area contributed by atoms with Gasteiger partial charge in [-0.3, -0.25) is 0 Å². The van der Waals surface area contributed by atoms with Gasteiger partial charge < -0.3 is 24.6 Å². The van der Waals surface area contributed by atoms with Gasteiger partial charge in [0.25, 0.3) is 0 Å². The third-order valence-electron chi connectivity index (χ3n) is 4.88. The zero-order chi connectivity index (χ0) is 22.4. The fraction of sp³-hybridized carbons (Fsp3) is 0.259. The minimum atomic E-state index is -0.344. The van der Waals surface area contributed by atoms with E-state index in [1.54, 1.807) is 0 Å². The topological polar surface area (TPSA) is 60.0 Å². The zero-order valence-electron chi connectivity index (χ0n) is 18.4. The van der Waals surface area contributed by atoms with E-state index < -0.39 is 0 Å². The highest BCUT2D eigenvalue weighted by molar-refractivity contribution is 5.17. The number of nitrogens with one attached hydrogen (secondary N) is 1. The number of hydrogen-bond donors (Lipinski definition) is 2. The molecule has 168 valence electrons. The van der Waals surface area contributed by atoms with Gasteiger partial charge in [0.05, 0.1) is 6.61 Å². The molecule has 5 heteroatoms. The van der Waals surface area contributed by atoms with Crippen LogP contribution in [0.3, 0.4) is 0 Å². The van der Waals surface area contributed by atoms with Crippen LogP contribution < -0.4 is 5.32 Å². The van der Waals surface area contributed by atoms with Crippen molar-refractivity contribution in [3.63, 3.8) is 0 Å². The van der Waals surface area contributed by atoms with E-state index in [1.807, 2.05) is 97.9 Å². The van der Waals surface area contributed by atoms with Crippen molar-refractivity contribution in [1.82, 2.24) is 5.32 Å². The maximum absolute atomic E-state index is 9.61. The smallest absolute Gasteiger partial charge is 0.230 e. The number of rotatable bonds is 13. The second-order valence-corrected chi connectivity index (χ2v) is 7.27. The molecule has 0 bridgehead atoms. The molecule has 5 nitrogen and oxygen atoms in total. The maximum atomic E-state index is 9.61. The fourth-order valence-electron chi connectivity index (χ4n) is 3.20. The number of hydrogen-bond acceptors (Lipinski definition) is 5. The van der Waals surface area contributed by atoms with Crippen LogP contribution in [0.15, 0.2) is 103 Å². The summed E-state index contributed by atoms with van der Waals surface area (Å²) < 4.78 is 18.5. The Bertz CT molecular complexity index is 930. The summed E-state index contributed by atoms with van der Waals surface area (Å²) >= 11 is 0. The summed E-state index contributed by atoms with van der Waals surface area (Å²) in [7, 11) is 0. The van der Waals surface area contributed by atoms with Crippen LogP contribution in [0.25, 0.3) is 0 Å². The molecule has 3 rings (SSSR count). The summed E-state index contributed by atoms with van der Waals surface area (Å²) in [6.45, 7) is 2.92. The number of ether oxygens (including phenoxy) is 3. The van der Waals surface area contributed by atoms with E-state index in [0.29, 0.717) is 37.9 Å². The lowest BCUT2D eigenvalue weighted by Gasteiger charge is -2.24. The molecule has 0 aliphatic rings. The zero-order valence-corrected chi connectivity index (χ0v) is 18.4. The monoisotopic (exact) mass is 433 g/mol. The summed E-state index contributed by atoms with van der Waals surface area (Å²) in [5, 5.41) is 12.5. The first kappa shape index (κ1) is 23.4. The molecular formula is C27H31NO4. The van der Waals surface area contributed by atoms with Crippen LogP contribution in [0.1, 0.15) is 30.0 Å². The first-order chi connectivity index (χ1) is 15.8. The minimum Gasteiger partial charge on any atom is -0.485 e. The lowest BCUT2D eigenvalue weighted by molar-refractivity contribution is -0.00105. The van der Waals surface area contributed by atoms with Crippen molar-refractivity contribution in [2.24, 2.45) is 0 Å². The molecule has 0 heterocycles. The molecule has 0 saturated heterocycles. The number of benzene rings is 3. The summed E-state index contributed by atoms with van der Waals surface area (Å²) in [4.78, 5) is 0. The number of aliphatic hydroxyl groups excluding tert-OH is 1. The molecule has 1 unspecified atom stereocenters. The van der Waals surface area contributed by atoms with Gasteiger partial charge in [-0.15, -0.1) is 0 Å². The summed E-state index contributed by atoms with van der Waals surface area (Å²) in [6.07, 6.45) is 0.339. The first-order valence-electron chi connectivity index (χ1n) is 10.9. The summed E-state index contributed by atoms with van der Waals surface area (Å²) in [5.74, 6) is 0.921. The van der Waals surface area contributed by atoms with Gasteiger partial charge >= 0.3 is 0 Å². The predicted octanol–water partition coefficient (Wildman–Crippen LogP) is 5.12. The fourth-order valence-corrected chi connectivity index (χ4v) is 3.20. The van der Waals surface area contributed by atoms with Crippen LogP contribution in [0.5, 0.6) is 0 Å². The second kappa shape index (κ2) is 13.2. The van der Waals surface area contributed by atoms with Gasteiger partial charge in [0.1, 0.15) is 26.0 Å². The van der Waals surface area contributed by atoms with Crippen LogP contribution in [0.2, 0.25) is 0 Å². The highest BCUT2D eigenvalue weighted by Crippen LogP contribution is 2.21. The van der Waals surface area contributed by atoms with Crippen molar-refractivity contribution in [3.05, 3.63) is 119 Å². The summed E-state index contributed by atoms with van der Waals surface area (Å²) in [6, 6.07) is 29.8. The molecule has 0 radical (unpaired) electrons. The average Bonchev–Trinajstić information content (AvgIpc) is 2.86. The van der Waals surface area contributed by atoms with E-state index in [9.17, 15) is 5.11 Å². The van der Waals surface area contributed by atoms with Crippen molar-refractivity contribution in [3.8, 4) is 0 Å². The van der Waals surface area contributed by atoms with Crippen LogP contribution in [-0.4, -0.2) is 17.9 Å². The maximum Gasteiger partial charge on any atom is 0.230 e. The molecule has 1 atom stereocenters. The minimum absolute atomic E-state index is 0.280. The van der Waals surface area contributed by atoms with E-state index in [1.165, 1.54) is 0 Å². The molecule has 0 aliphatic carbocycles. The van der Waals surface area contributed by atoms with Crippen molar-refractivity contribution in [2.45, 2.75) is 39.3 Å². The van der Waals surface area contributed by atoms with Crippen molar-refractivity contribution in [2.75, 3.05) is 6.73 Å². The van der Waals surface area contributed by atoms with Crippen LogP contribution in [0.4, 0.5) is 0 Å². The molecule has 2 N–H and O–H groups in total. The Labute approximate surface area is 190 Å². The quantitative estimate of drug-likeness (QED) is 0.289. The number of aliphatic hydroxyl groups is 1. The average molecular weight is 434 g/mol. The molecule has 0 aliphatic heterocycles. The van der Waals surface area contributed by atoms with Crippen molar-refractivity contribution < 1.29 is 19.3 Å². The third kappa shape index (κ3) is 7.45. The first-order valence-corrected chi connectivity index (χ1v) is 10.9. The Morgan fingerprint density at radius 2 is 1.19 bits per heavy atom. The van der Waals surface area contributed by atoms with Gasteiger partial charge in [0.2, 0.25) is 5.88 Å². The predicted molar refractivity (Wildman–Crippen MR) is 125 cm³/mol. The third-order valence-corrected chi connectivity index (χ3v) is 4.88. The highest BCUT2D eigenvalue weighted by atomic mass is 16.6. The molecule has 0 amide bonds. The molecule has 3 aromatic rings. The largest absolute Gasteiger partial charge is 0.485 e. The van der Waals surface area contributed by atoms with Gasteiger partial charge in [-0.05, 0) is 23.1 Å². The van der Waals surface area contributed by atoms with Crippen molar-refractivity contribution >= 4 is 0 Å². The highest BCUT2D eigenvalue weighted by Gasteiger charge is 2.22. The molecule has 0 fully saturated rings. The van der Waals surface area contributed by atoms with Gasteiger partial charge in [-0.2, -0.15) is 0 Å². The molecule has 3 aromatic carbocycles. The van der Waals surface area contributed by atoms with Crippen LogP contribution in [-0.2, 0) is 34.0 Å². The SMILES string of the molecule is CCC(OCc1ccccc1)/C(OCc1ccccc1)=C(/NCO)OCc1ccccc1. The Hall–Kier alpha value is -3.28. The molecular weight excluding hydrogens is 402 g/mol. The van der Waals surface area contributed by atoms with Gasteiger partial charge in [-0.25, -0.2) is 0 Å². The normalized spacial score (nSPS) is 12.6. The van der Waals surface area contributed by atoms with E-state index in [-0.39, 0.29) is 12.8 Å². The lowest BCUT2D eigenvalue weighted by Crippen LogP contribution is -2.26. The van der Waals surface area contributed by atoms with Gasteiger partial charge in [-0.1, -0.05) is 97.9 Å². The molecule has 0 aromatic heterocycles. The Balaban J connectivity index is 1.81.